The molecule has 1 aliphatic rings. The molecule has 1 saturated carbocycles. The summed E-state index contributed by atoms with van der Waals surface area (Å²) in [6.45, 7) is 0. The molecular formula is C7H16N2. The summed E-state index contributed by atoms with van der Waals surface area (Å²) in [5, 5.41) is 3.29. The molecule has 54 valence electrons. The summed E-state index contributed by atoms with van der Waals surface area (Å²) in [5.41, 5.74) is 0. The van der Waals surface area contributed by atoms with Crippen LogP contribution in [0.25, 0.3) is 0 Å². The van der Waals surface area contributed by atoms with Gasteiger partial charge in [-0.05, 0) is 34.0 Å². The summed E-state index contributed by atoms with van der Waals surface area (Å²) in [7, 11) is 6.34. The molecule has 2 heteroatoms. The highest BCUT2D eigenvalue weighted by Gasteiger charge is 2.30. The molecule has 2 nitrogen and oxygen atoms in total. The third kappa shape index (κ3) is 1.25. The first kappa shape index (κ1) is 7.03. The van der Waals surface area contributed by atoms with Gasteiger partial charge in [0.1, 0.15) is 0 Å². The Labute approximate surface area is 57.2 Å². The van der Waals surface area contributed by atoms with Crippen molar-refractivity contribution in [3.05, 3.63) is 0 Å². The highest BCUT2D eigenvalue weighted by Crippen LogP contribution is 2.22. The number of rotatable bonds is 2. The van der Waals surface area contributed by atoms with Gasteiger partial charge in [-0.15, -0.1) is 0 Å². The van der Waals surface area contributed by atoms with Crippen LogP contribution in [0.3, 0.4) is 0 Å². The molecule has 0 aromatic rings. The average Bonchev–Trinajstić information content (AvgIpc) is 1.61. The molecule has 9 heavy (non-hydrogen) atoms. The van der Waals surface area contributed by atoms with Gasteiger partial charge in [0, 0.05) is 12.1 Å². The van der Waals surface area contributed by atoms with Crippen LogP contribution < -0.4 is 5.32 Å². The fraction of sp³-hybridized carbons (Fsp3) is 1.00. The number of hydrogen-bond donors (Lipinski definition) is 1. The van der Waals surface area contributed by atoms with Crippen molar-refractivity contribution in [2.45, 2.75) is 24.9 Å². The second-order valence-corrected chi connectivity index (χ2v) is 3.00. The van der Waals surface area contributed by atoms with Crippen LogP contribution in [-0.4, -0.2) is 38.1 Å². The van der Waals surface area contributed by atoms with Crippen molar-refractivity contribution in [3.63, 3.8) is 0 Å². The summed E-state index contributed by atoms with van der Waals surface area (Å²) in [6, 6.07) is 1.54. The maximum atomic E-state index is 3.29. The van der Waals surface area contributed by atoms with Crippen molar-refractivity contribution in [3.8, 4) is 0 Å². The Morgan fingerprint density at radius 2 is 2.00 bits per heavy atom. The van der Waals surface area contributed by atoms with Crippen molar-refractivity contribution in [2.75, 3.05) is 21.1 Å². The van der Waals surface area contributed by atoms with Gasteiger partial charge in [0.25, 0.3) is 0 Å². The Bertz CT molecular complexity index is 88.9. The number of nitrogens with one attached hydrogen (secondary N) is 1. The second kappa shape index (κ2) is 2.67. The second-order valence-electron chi connectivity index (χ2n) is 3.00. The molecule has 1 N–H and O–H groups in total. The molecule has 1 rings (SSSR count). The van der Waals surface area contributed by atoms with Gasteiger partial charge in [0.05, 0.1) is 0 Å². The molecule has 0 spiro atoms. The van der Waals surface area contributed by atoms with Crippen molar-refractivity contribution >= 4 is 0 Å². The van der Waals surface area contributed by atoms with Crippen molar-refractivity contribution < 1.29 is 0 Å². The maximum absolute atomic E-state index is 3.29. The molecule has 0 heterocycles. The first-order valence-corrected chi connectivity index (χ1v) is 3.59. The zero-order valence-electron chi connectivity index (χ0n) is 6.52. The fourth-order valence-electron chi connectivity index (χ4n) is 1.44. The quantitative estimate of drug-likeness (QED) is 0.575. The molecule has 1 unspecified atom stereocenters. The van der Waals surface area contributed by atoms with Crippen molar-refractivity contribution in [1.82, 2.24) is 10.2 Å². The lowest BCUT2D eigenvalue weighted by Gasteiger charge is -2.40. The third-order valence-electron chi connectivity index (χ3n) is 2.27. The smallest absolute Gasteiger partial charge is 0.0243 e. The van der Waals surface area contributed by atoms with Crippen LogP contribution in [0.5, 0.6) is 0 Å². The van der Waals surface area contributed by atoms with Gasteiger partial charge in [-0.3, -0.25) is 0 Å². The highest BCUT2D eigenvalue weighted by molar-refractivity contribution is 4.91. The SMILES string of the molecule is CNC1CC[C@@H]1N(C)C. The first-order valence-electron chi connectivity index (χ1n) is 3.59. The predicted molar refractivity (Wildman–Crippen MR) is 39.6 cm³/mol. The largest absolute Gasteiger partial charge is 0.315 e. The minimum absolute atomic E-state index is 0.750. The average molecular weight is 128 g/mol. The van der Waals surface area contributed by atoms with E-state index < -0.39 is 0 Å². The summed E-state index contributed by atoms with van der Waals surface area (Å²) < 4.78 is 0. The van der Waals surface area contributed by atoms with Gasteiger partial charge in [0.2, 0.25) is 0 Å². The molecule has 0 radical (unpaired) electrons. The Balaban J connectivity index is 2.27. The lowest BCUT2D eigenvalue weighted by atomic mass is 9.86. The molecule has 0 aliphatic heterocycles. The van der Waals surface area contributed by atoms with E-state index in [0.29, 0.717) is 0 Å². The topological polar surface area (TPSA) is 15.3 Å². The van der Waals surface area contributed by atoms with E-state index in [9.17, 15) is 0 Å². The Morgan fingerprint density at radius 1 is 1.33 bits per heavy atom. The molecule has 0 bridgehead atoms. The number of hydrogen-bond acceptors (Lipinski definition) is 2. The van der Waals surface area contributed by atoms with E-state index in [1.807, 2.05) is 7.05 Å². The van der Waals surface area contributed by atoms with Crippen LogP contribution in [0.1, 0.15) is 12.8 Å². The van der Waals surface area contributed by atoms with Crippen LogP contribution in [0.4, 0.5) is 0 Å². The summed E-state index contributed by atoms with van der Waals surface area (Å²) in [5.74, 6) is 0. The zero-order chi connectivity index (χ0) is 6.85. The lowest BCUT2D eigenvalue weighted by Crippen LogP contribution is -2.53. The number of likely N-dealkylation sites (N-methyl/N-ethyl adjacent to an activating group) is 2. The molecule has 0 aromatic heterocycles. The monoisotopic (exact) mass is 128 g/mol. The Hall–Kier alpha value is -0.0800. The van der Waals surface area contributed by atoms with Gasteiger partial charge < -0.3 is 10.2 Å². The van der Waals surface area contributed by atoms with Crippen LogP contribution >= 0.6 is 0 Å². The minimum atomic E-state index is 0.750. The van der Waals surface area contributed by atoms with Crippen LogP contribution in [0, 0.1) is 0 Å². The fourth-order valence-corrected chi connectivity index (χ4v) is 1.44. The standard InChI is InChI=1S/C7H16N2/c1-8-6-4-5-7(6)9(2)3/h6-8H,4-5H2,1-3H3/t6?,7-/m0/s1. The molecule has 0 aromatic carbocycles. The number of nitrogens with zero attached hydrogens (tertiary/aromatic N) is 1. The lowest BCUT2D eigenvalue weighted by molar-refractivity contribution is 0.140. The molecule has 0 saturated heterocycles. The van der Waals surface area contributed by atoms with Crippen LogP contribution in [0.15, 0.2) is 0 Å². The predicted octanol–water partition coefficient (Wildman–Crippen LogP) is 0.298. The minimum Gasteiger partial charge on any atom is -0.315 e. The maximum Gasteiger partial charge on any atom is 0.0243 e. The van der Waals surface area contributed by atoms with Crippen molar-refractivity contribution in [1.29, 1.82) is 0 Å². The normalized spacial score (nSPS) is 34.7. The molecule has 2 atom stereocenters. The Morgan fingerprint density at radius 3 is 2.11 bits per heavy atom. The van der Waals surface area contributed by atoms with E-state index in [2.05, 4.69) is 24.3 Å². The zero-order valence-corrected chi connectivity index (χ0v) is 6.52. The molecular weight excluding hydrogens is 112 g/mol. The first-order chi connectivity index (χ1) is 4.25. The molecule has 1 fully saturated rings. The van der Waals surface area contributed by atoms with Crippen LogP contribution in [0.2, 0.25) is 0 Å². The van der Waals surface area contributed by atoms with Gasteiger partial charge in [-0.1, -0.05) is 0 Å². The summed E-state index contributed by atoms with van der Waals surface area (Å²) in [6.07, 6.45) is 2.71. The van der Waals surface area contributed by atoms with Gasteiger partial charge in [-0.25, -0.2) is 0 Å². The summed E-state index contributed by atoms with van der Waals surface area (Å²) >= 11 is 0. The Kier molecular flexibility index (Phi) is 2.09. The van der Waals surface area contributed by atoms with E-state index in [4.69, 9.17) is 0 Å². The molecule has 1 aliphatic carbocycles. The third-order valence-corrected chi connectivity index (χ3v) is 2.27. The van der Waals surface area contributed by atoms with E-state index >= 15 is 0 Å². The van der Waals surface area contributed by atoms with Gasteiger partial charge in [-0.2, -0.15) is 0 Å². The van der Waals surface area contributed by atoms with Gasteiger partial charge >= 0.3 is 0 Å². The van der Waals surface area contributed by atoms with Crippen molar-refractivity contribution in [2.24, 2.45) is 0 Å². The van der Waals surface area contributed by atoms with E-state index in [0.717, 1.165) is 12.1 Å². The van der Waals surface area contributed by atoms with Gasteiger partial charge in [0.15, 0.2) is 0 Å². The van der Waals surface area contributed by atoms with E-state index in [1.54, 1.807) is 0 Å². The van der Waals surface area contributed by atoms with E-state index in [-0.39, 0.29) is 0 Å². The molecule has 0 amide bonds. The highest BCUT2D eigenvalue weighted by atomic mass is 15.2. The van der Waals surface area contributed by atoms with E-state index in [1.165, 1.54) is 12.8 Å². The van der Waals surface area contributed by atoms with Crippen LogP contribution in [-0.2, 0) is 0 Å². The summed E-state index contributed by atoms with van der Waals surface area (Å²) in [4.78, 5) is 2.30.